The van der Waals surface area contributed by atoms with Crippen LogP contribution in [0.4, 0.5) is 0 Å². The molecule has 0 spiro atoms. The van der Waals surface area contributed by atoms with Crippen molar-refractivity contribution < 1.29 is 0 Å². The molecule has 0 bridgehead atoms. The number of hydrogen-bond donors (Lipinski definition) is 0. The van der Waals surface area contributed by atoms with E-state index in [4.69, 9.17) is 5.26 Å². The zero-order chi connectivity index (χ0) is 8.39. The van der Waals surface area contributed by atoms with Crippen LogP contribution in [0.15, 0.2) is 0 Å². The Bertz CT molecular complexity index is 195. The molecule has 1 unspecified atom stereocenters. The Balaban J connectivity index is 1.77. The minimum absolute atomic E-state index is 0.308. The SMILES string of the molecule is N#C[C@H]1CCCN(CC2CS2)C1. The fraction of sp³-hybridized carbons (Fsp3) is 0.889. The predicted molar refractivity (Wildman–Crippen MR) is 51.0 cm³/mol. The summed E-state index contributed by atoms with van der Waals surface area (Å²) in [5, 5.41) is 9.67. The number of hydrogen-bond acceptors (Lipinski definition) is 3. The molecule has 0 aliphatic carbocycles. The van der Waals surface area contributed by atoms with Gasteiger partial charge in [0.15, 0.2) is 0 Å². The summed E-state index contributed by atoms with van der Waals surface area (Å²) < 4.78 is 0. The molecule has 0 N–H and O–H groups in total. The molecule has 3 heteroatoms. The Hall–Kier alpha value is -0.200. The van der Waals surface area contributed by atoms with E-state index in [2.05, 4.69) is 11.0 Å². The van der Waals surface area contributed by atoms with Crippen LogP contribution >= 0.6 is 11.8 Å². The van der Waals surface area contributed by atoms with E-state index in [9.17, 15) is 0 Å². The first kappa shape index (κ1) is 8.40. The van der Waals surface area contributed by atoms with Crippen LogP contribution in [0, 0.1) is 17.2 Å². The van der Waals surface area contributed by atoms with Crippen molar-refractivity contribution in [3.05, 3.63) is 0 Å². The predicted octanol–water partition coefficient (Wildman–Crippen LogP) is 1.34. The first-order chi connectivity index (χ1) is 5.88. The van der Waals surface area contributed by atoms with Crippen LogP contribution in [0.3, 0.4) is 0 Å². The summed E-state index contributed by atoms with van der Waals surface area (Å²) in [7, 11) is 0. The molecule has 2 rings (SSSR count). The smallest absolute Gasteiger partial charge is 0.0669 e. The number of thioether (sulfide) groups is 1. The van der Waals surface area contributed by atoms with Gasteiger partial charge in [-0.3, -0.25) is 0 Å². The second-order valence-electron chi connectivity index (χ2n) is 3.68. The molecule has 2 fully saturated rings. The normalized spacial score (nSPS) is 35.9. The molecule has 0 amide bonds. The van der Waals surface area contributed by atoms with Crippen LogP contribution in [-0.2, 0) is 0 Å². The van der Waals surface area contributed by atoms with Crippen molar-refractivity contribution in [2.75, 3.05) is 25.4 Å². The third kappa shape index (κ3) is 2.15. The topological polar surface area (TPSA) is 27.0 Å². The van der Waals surface area contributed by atoms with Crippen molar-refractivity contribution in [1.82, 2.24) is 4.90 Å². The van der Waals surface area contributed by atoms with Crippen molar-refractivity contribution in [2.45, 2.75) is 18.1 Å². The van der Waals surface area contributed by atoms with Crippen LogP contribution in [-0.4, -0.2) is 35.5 Å². The zero-order valence-corrected chi connectivity index (χ0v) is 8.02. The fourth-order valence-electron chi connectivity index (χ4n) is 1.79. The first-order valence-electron chi connectivity index (χ1n) is 4.62. The molecule has 2 atom stereocenters. The van der Waals surface area contributed by atoms with Crippen LogP contribution in [0.2, 0.25) is 0 Å². The molecule has 66 valence electrons. The Morgan fingerprint density at radius 1 is 1.58 bits per heavy atom. The highest BCUT2D eigenvalue weighted by molar-refractivity contribution is 8.06. The third-order valence-corrected chi connectivity index (χ3v) is 3.51. The molecule has 0 aromatic heterocycles. The zero-order valence-electron chi connectivity index (χ0n) is 7.20. The van der Waals surface area contributed by atoms with Gasteiger partial charge in [-0.2, -0.15) is 17.0 Å². The Kier molecular flexibility index (Phi) is 2.57. The molecule has 2 heterocycles. The molecule has 2 nitrogen and oxygen atoms in total. The second-order valence-corrected chi connectivity index (χ2v) is 5.02. The minimum atomic E-state index is 0.308. The summed E-state index contributed by atoms with van der Waals surface area (Å²) in [6, 6.07) is 2.38. The summed E-state index contributed by atoms with van der Waals surface area (Å²) in [6.45, 7) is 3.46. The standard InChI is InChI=1S/C9H14N2S/c10-4-8-2-1-3-11(5-8)6-9-7-12-9/h8-9H,1-3,5-7H2/t8-,9?/m1/s1. The number of nitriles is 1. The van der Waals surface area contributed by atoms with Crippen LogP contribution in [0.1, 0.15) is 12.8 Å². The van der Waals surface area contributed by atoms with E-state index >= 15 is 0 Å². The summed E-state index contributed by atoms with van der Waals surface area (Å²) >= 11 is 2.05. The molecule has 0 radical (unpaired) electrons. The molecular formula is C9H14N2S. The average molecular weight is 182 g/mol. The number of piperidine rings is 1. The van der Waals surface area contributed by atoms with Gasteiger partial charge >= 0.3 is 0 Å². The lowest BCUT2D eigenvalue weighted by atomic mass is 10.00. The lowest BCUT2D eigenvalue weighted by Gasteiger charge is -2.28. The van der Waals surface area contributed by atoms with Gasteiger partial charge in [0.25, 0.3) is 0 Å². The molecule has 0 saturated carbocycles. The monoisotopic (exact) mass is 182 g/mol. The van der Waals surface area contributed by atoms with Gasteiger partial charge in [-0.25, -0.2) is 0 Å². The summed E-state index contributed by atoms with van der Waals surface area (Å²) in [6.07, 6.45) is 2.33. The Morgan fingerprint density at radius 3 is 3.08 bits per heavy atom. The lowest BCUT2D eigenvalue weighted by Crippen LogP contribution is -2.37. The van der Waals surface area contributed by atoms with Gasteiger partial charge in [-0.15, -0.1) is 0 Å². The van der Waals surface area contributed by atoms with Crippen molar-refractivity contribution in [3.63, 3.8) is 0 Å². The fourth-order valence-corrected chi connectivity index (χ4v) is 2.35. The van der Waals surface area contributed by atoms with Gasteiger partial charge in [0.1, 0.15) is 0 Å². The van der Waals surface area contributed by atoms with Gasteiger partial charge in [-0.05, 0) is 19.4 Å². The van der Waals surface area contributed by atoms with E-state index in [1.165, 1.54) is 25.3 Å². The van der Waals surface area contributed by atoms with Gasteiger partial charge < -0.3 is 4.90 Å². The van der Waals surface area contributed by atoms with E-state index in [-0.39, 0.29) is 0 Å². The summed E-state index contributed by atoms with van der Waals surface area (Å²) in [5.74, 6) is 1.65. The maximum atomic E-state index is 8.78. The second kappa shape index (κ2) is 3.68. The maximum absolute atomic E-state index is 8.78. The molecule has 0 aromatic carbocycles. The van der Waals surface area contributed by atoms with E-state index in [0.29, 0.717) is 5.92 Å². The van der Waals surface area contributed by atoms with Gasteiger partial charge in [0.2, 0.25) is 0 Å². The Morgan fingerprint density at radius 2 is 2.42 bits per heavy atom. The number of rotatable bonds is 2. The average Bonchev–Trinajstić information content (AvgIpc) is 2.89. The van der Waals surface area contributed by atoms with Gasteiger partial charge in [0.05, 0.1) is 12.0 Å². The molecule has 2 aliphatic heterocycles. The van der Waals surface area contributed by atoms with Crippen molar-refractivity contribution in [3.8, 4) is 6.07 Å². The van der Waals surface area contributed by atoms with Crippen molar-refractivity contribution >= 4 is 11.8 Å². The largest absolute Gasteiger partial charge is 0.301 e. The van der Waals surface area contributed by atoms with E-state index in [1.807, 2.05) is 11.8 Å². The highest BCUT2D eigenvalue weighted by Crippen LogP contribution is 2.31. The molecule has 2 aliphatic rings. The Labute approximate surface area is 77.9 Å². The van der Waals surface area contributed by atoms with E-state index < -0.39 is 0 Å². The van der Waals surface area contributed by atoms with Crippen LogP contribution in [0.5, 0.6) is 0 Å². The summed E-state index contributed by atoms with van der Waals surface area (Å²) in [5.41, 5.74) is 0. The number of likely N-dealkylation sites (tertiary alicyclic amines) is 1. The quantitative estimate of drug-likeness (QED) is 0.603. The van der Waals surface area contributed by atoms with Crippen molar-refractivity contribution in [1.29, 1.82) is 5.26 Å². The van der Waals surface area contributed by atoms with E-state index in [0.717, 1.165) is 18.2 Å². The maximum Gasteiger partial charge on any atom is 0.0669 e. The molecular weight excluding hydrogens is 168 g/mol. The molecule has 12 heavy (non-hydrogen) atoms. The number of nitrogens with zero attached hydrogens (tertiary/aromatic N) is 2. The van der Waals surface area contributed by atoms with Gasteiger partial charge in [-0.1, -0.05) is 0 Å². The minimum Gasteiger partial charge on any atom is -0.301 e. The van der Waals surface area contributed by atoms with Gasteiger partial charge in [0, 0.05) is 24.1 Å². The highest BCUT2D eigenvalue weighted by Gasteiger charge is 2.27. The third-order valence-electron chi connectivity index (χ3n) is 2.55. The van der Waals surface area contributed by atoms with Crippen molar-refractivity contribution in [2.24, 2.45) is 5.92 Å². The summed E-state index contributed by atoms with van der Waals surface area (Å²) in [4.78, 5) is 2.46. The van der Waals surface area contributed by atoms with E-state index in [1.54, 1.807) is 0 Å². The van der Waals surface area contributed by atoms with Crippen LogP contribution in [0.25, 0.3) is 0 Å². The van der Waals surface area contributed by atoms with Crippen LogP contribution < -0.4 is 0 Å². The molecule has 0 aromatic rings. The lowest BCUT2D eigenvalue weighted by molar-refractivity contribution is 0.205. The highest BCUT2D eigenvalue weighted by atomic mass is 32.2. The molecule has 2 saturated heterocycles. The first-order valence-corrected chi connectivity index (χ1v) is 5.67.